The molecule has 0 saturated carbocycles. The molecule has 3 rings (SSSR count). The number of aromatic nitrogens is 1. The van der Waals surface area contributed by atoms with Gasteiger partial charge in [-0.1, -0.05) is 18.2 Å². The summed E-state index contributed by atoms with van der Waals surface area (Å²) in [5.74, 6) is 1.33. The van der Waals surface area contributed by atoms with E-state index in [1.807, 2.05) is 61.4 Å². The van der Waals surface area contributed by atoms with Gasteiger partial charge in [0.25, 0.3) is 0 Å². The number of carbonyl (C=O) groups excluding carboxylic acids is 1. The van der Waals surface area contributed by atoms with Gasteiger partial charge in [-0.05, 0) is 49.4 Å². The summed E-state index contributed by atoms with van der Waals surface area (Å²) in [7, 11) is 1.66. The van der Waals surface area contributed by atoms with Crippen molar-refractivity contribution in [2.45, 2.75) is 27.3 Å². The third-order valence-corrected chi connectivity index (χ3v) is 5.71. The maximum atomic E-state index is 12.7. The molecule has 1 N–H and O–H groups in total. The second-order valence-electron chi connectivity index (χ2n) is 7.00. The molecule has 3 aromatic rings. The third kappa shape index (κ3) is 5.53. The van der Waals surface area contributed by atoms with E-state index in [0.29, 0.717) is 25.6 Å². The second kappa shape index (κ2) is 9.82. The van der Waals surface area contributed by atoms with Gasteiger partial charge in [0.1, 0.15) is 5.76 Å². The van der Waals surface area contributed by atoms with Gasteiger partial charge in [0.05, 0.1) is 23.7 Å². The van der Waals surface area contributed by atoms with Crippen molar-refractivity contribution in [1.29, 1.82) is 0 Å². The Morgan fingerprint density at radius 2 is 2.07 bits per heavy atom. The minimum Gasteiger partial charge on any atom is -0.440 e. The Hall–Kier alpha value is -2.48. The minimum absolute atomic E-state index is 0.0607. The number of benzene rings is 1. The molecule has 2 aromatic heterocycles. The fraction of sp³-hybridized carbons (Fsp3) is 0.364. The van der Waals surface area contributed by atoms with Gasteiger partial charge in [-0.2, -0.15) is 0 Å². The first-order valence-electron chi connectivity index (χ1n) is 9.55. The topological polar surface area (TPSA) is 67.6 Å². The first-order chi connectivity index (χ1) is 14.0. The van der Waals surface area contributed by atoms with E-state index in [1.54, 1.807) is 18.4 Å². The zero-order chi connectivity index (χ0) is 20.8. The Labute approximate surface area is 175 Å². The zero-order valence-electron chi connectivity index (χ0n) is 17.3. The summed E-state index contributed by atoms with van der Waals surface area (Å²) in [6.45, 7) is 7.88. The van der Waals surface area contributed by atoms with E-state index >= 15 is 0 Å². The number of rotatable bonds is 9. The van der Waals surface area contributed by atoms with Crippen molar-refractivity contribution in [2.75, 3.05) is 32.1 Å². The molecule has 0 atom stereocenters. The van der Waals surface area contributed by atoms with Crippen molar-refractivity contribution >= 4 is 22.9 Å². The number of anilines is 1. The largest absolute Gasteiger partial charge is 0.440 e. The molecule has 0 unspecified atom stereocenters. The van der Waals surface area contributed by atoms with Gasteiger partial charge in [-0.15, -0.1) is 11.3 Å². The van der Waals surface area contributed by atoms with Gasteiger partial charge in [0.15, 0.2) is 0 Å². The van der Waals surface area contributed by atoms with E-state index in [-0.39, 0.29) is 12.5 Å². The number of nitrogens with zero attached hydrogens (tertiary/aromatic N) is 2. The molecular weight excluding hydrogens is 386 g/mol. The van der Waals surface area contributed by atoms with Gasteiger partial charge < -0.3 is 14.5 Å². The maximum absolute atomic E-state index is 12.7. The Balaban J connectivity index is 1.69. The lowest BCUT2D eigenvalue weighted by Gasteiger charge is -2.21. The third-order valence-electron chi connectivity index (χ3n) is 4.86. The summed E-state index contributed by atoms with van der Waals surface area (Å²) in [6, 6.07) is 9.87. The standard InChI is InChI=1S/C22H27N3O3S/c1-15-7-5-8-18(16(15)2)23-21(26)14-25(10-11-27-4)13-19-17(3)28-22(24-19)20-9-6-12-29-20/h5-9,12H,10-11,13-14H2,1-4H3,(H,23,26). The van der Waals surface area contributed by atoms with Crippen molar-refractivity contribution in [2.24, 2.45) is 0 Å². The molecule has 154 valence electrons. The lowest BCUT2D eigenvalue weighted by atomic mass is 10.1. The molecule has 0 radical (unpaired) electrons. The predicted octanol–water partition coefficient (Wildman–Crippen LogP) is 4.42. The monoisotopic (exact) mass is 413 g/mol. The first kappa shape index (κ1) is 21.2. The van der Waals surface area contributed by atoms with E-state index in [9.17, 15) is 4.79 Å². The zero-order valence-corrected chi connectivity index (χ0v) is 18.1. The Bertz CT molecular complexity index is 950. The number of nitrogens with one attached hydrogen (secondary N) is 1. The lowest BCUT2D eigenvalue weighted by molar-refractivity contribution is -0.117. The van der Waals surface area contributed by atoms with Gasteiger partial charge in [-0.25, -0.2) is 4.98 Å². The van der Waals surface area contributed by atoms with Crippen LogP contribution in [0.1, 0.15) is 22.6 Å². The van der Waals surface area contributed by atoms with Crippen LogP contribution in [-0.2, 0) is 16.1 Å². The maximum Gasteiger partial charge on any atom is 0.238 e. The van der Waals surface area contributed by atoms with Crippen molar-refractivity contribution in [1.82, 2.24) is 9.88 Å². The quantitative estimate of drug-likeness (QED) is 0.563. The average Bonchev–Trinajstić information content (AvgIpc) is 3.34. The van der Waals surface area contributed by atoms with Crippen LogP contribution in [-0.4, -0.2) is 42.6 Å². The molecule has 0 fully saturated rings. The molecule has 0 aliphatic heterocycles. The van der Waals surface area contributed by atoms with Crippen LogP contribution in [0.15, 0.2) is 40.1 Å². The smallest absolute Gasteiger partial charge is 0.238 e. The summed E-state index contributed by atoms with van der Waals surface area (Å²) in [5, 5.41) is 5.02. The van der Waals surface area contributed by atoms with Crippen LogP contribution in [0.5, 0.6) is 0 Å². The number of aryl methyl sites for hydroxylation is 2. The molecule has 6 nitrogen and oxygen atoms in total. The number of oxazole rings is 1. The summed E-state index contributed by atoms with van der Waals surface area (Å²) in [5.41, 5.74) is 3.92. The van der Waals surface area contributed by atoms with Crippen molar-refractivity contribution in [3.05, 3.63) is 58.3 Å². The highest BCUT2D eigenvalue weighted by Crippen LogP contribution is 2.26. The SMILES string of the molecule is COCCN(CC(=O)Nc1cccc(C)c1C)Cc1nc(-c2cccs2)oc1C. The van der Waals surface area contributed by atoms with E-state index < -0.39 is 0 Å². The molecule has 1 amide bonds. The van der Waals surface area contributed by atoms with E-state index in [0.717, 1.165) is 33.1 Å². The Morgan fingerprint density at radius 3 is 2.79 bits per heavy atom. The van der Waals surface area contributed by atoms with Crippen LogP contribution in [0.4, 0.5) is 5.69 Å². The Kier molecular flexibility index (Phi) is 7.19. The molecule has 1 aromatic carbocycles. The first-order valence-corrected chi connectivity index (χ1v) is 10.4. The number of thiophene rings is 1. The molecule has 0 bridgehead atoms. The average molecular weight is 414 g/mol. The molecule has 0 spiro atoms. The van der Waals surface area contributed by atoms with E-state index in [2.05, 4.69) is 10.3 Å². The van der Waals surface area contributed by atoms with Crippen molar-refractivity contribution in [3.63, 3.8) is 0 Å². The summed E-state index contributed by atoms with van der Waals surface area (Å²) >= 11 is 1.59. The summed E-state index contributed by atoms with van der Waals surface area (Å²) in [6.07, 6.45) is 0. The number of hydrogen-bond acceptors (Lipinski definition) is 6. The molecule has 0 saturated heterocycles. The van der Waals surface area contributed by atoms with Crippen LogP contribution < -0.4 is 5.32 Å². The van der Waals surface area contributed by atoms with Gasteiger partial charge in [0, 0.05) is 25.9 Å². The molecular formula is C22H27N3O3S. The van der Waals surface area contributed by atoms with Crippen molar-refractivity contribution in [3.8, 4) is 10.8 Å². The predicted molar refractivity (Wildman–Crippen MR) is 116 cm³/mol. The highest BCUT2D eigenvalue weighted by atomic mass is 32.1. The highest BCUT2D eigenvalue weighted by Gasteiger charge is 2.18. The van der Waals surface area contributed by atoms with E-state index in [4.69, 9.17) is 9.15 Å². The van der Waals surface area contributed by atoms with Crippen molar-refractivity contribution < 1.29 is 13.9 Å². The van der Waals surface area contributed by atoms with Crippen LogP contribution in [0.2, 0.25) is 0 Å². The number of amides is 1. The highest BCUT2D eigenvalue weighted by molar-refractivity contribution is 7.13. The van der Waals surface area contributed by atoms with Crippen LogP contribution in [0.25, 0.3) is 10.8 Å². The number of ether oxygens (including phenoxy) is 1. The summed E-state index contributed by atoms with van der Waals surface area (Å²) < 4.78 is 11.1. The molecule has 0 aliphatic carbocycles. The second-order valence-corrected chi connectivity index (χ2v) is 7.95. The lowest BCUT2D eigenvalue weighted by Crippen LogP contribution is -2.35. The normalized spacial score (nSPS) is 11.2. The number of carbonyl (C=O) groups is 1. The van der Waals surface area contributed by atoms with E-state index in [1.165, 1.54) is 0 Å². The summed E-state index contributed by atoms with van der Waals surface area (Å²) in [4.78, 5) is 20.3. The molecule has 0 aliphatic rings. The van der Waals surface area contributed by atoms with Crippen LogP contribution in [0, 0.1) is 20.8 Å². The fourth-order valence-corrected chi connectivity index (χ4v) is 3.65. The van der Waals surface area contributed by atoms with Gasteiger partial charge in [0.2, 0.25) is 11.8 Å². The van der Waals surface area contributed by atoms with Crippen LogP contribution in [0.3, 0.4) is 0 Å². The minimum atomic E-state index is -0.0607. The fourth-order valence-electron chi connectivity index (χ4n) is 3.01. The Morgan fingerprint density at radius 1 is 1.24 bits per heavy atom. The molecule has 2 heterocycles. The van der Waals surface area contributed by atoms with Gasteiger partial charge >= 0.3 is 0 Å². The molecule has 29 heavy (non-hydrogen) atoms. The van der Waals surface area contributed by atoms with Crippen LogP contribution >= 0.6 is 11.3 Å². The number of methoxy groups -OCH3 is 1. The molecule has 7 heteroatoms. The van der Waals surface area contributed by atoms with Gasteiger partial charge in [-0.3, -0.25) is 9.69 Å². The number of hydrogen-bond donors (Lipinski definition) is 1.